The lowest BCUT2D eigenvalue weighted by atomic mass is 9.84. The van der Waals surface area contributed by atoms with E-state index >= 15 is 0 Å². The summed E-state index contributed by atoms with van der Waals surface area (Å²) < 4.78 is 10.4. The summed E-state index contributed by atoms with van der Waals surface area (Å²) in [7, 11) is 3.16. The molecule has 0 spiro atoms. The van der Waals surface area contributed by atoms with Crippen molar-refractivity contribution in [1.82, 2.24) is 9.80 Å². The molecule has 3 heterocycles. The van der Waals surface area contributed by atoms with Gasteiger partial charge >= 0.3 is 0 Å². The maximum atomic E-state index is 13.9. The van der Waals surface area contributed by atoms with E-state index in [1.807, 2.05) is 53.6 Å². The van der Waals surface area contributed by atoms with Gasteiger partial charge in [-0.3, -0.25) is 19.3 Å². The van der Waals surface area contributed by atoms with E-state index in [-0.39, 0.29) is 24.3 Å². The number of fused-ring (bicyclic) bond motifs is 5. The number of rotatable bonds is 6. The Morgan fingerprint density at radius 1 is 0.842 bits per heavy atom. The van der Waals surface area contributed by atoms with Crippen molar-refractivity contribution in [2.24, 2.45) is 11.8 Å². The summed E-state index contributed by atoms with van der Waals surface area (Å²) in [6, 6.07) is 20.9. The molecule has 3 aliphatic rings. The van der Waals surface area contributed by atoms with Crippen molar-refractivity contribution in [3.8, 4) is 11.5 Å². The summed E-state index contributed by atoms with van der Waals surface area (Å²) in [6.07, 6.45) is 3.78. The van der Waals surface area contributed by atoms with E-state index in [0.29, 0.717) is 17.2 Å². The van der Waals surface area contributed by atoms with Crippen LogP contribution in [0.25, 0.3) is 6.08 Å². The smallest absolute Gasteiger partial charge is 0.247 e. The molecule has 0 saturated carbocycles. The van der Waals surface area contributed by atoms with Crippen LogP contribution in [0.3, 0.4) is 0 Å². The van der Waals surface area contributed by atoms with E-state index in [2.05, 4.69) is 5.32 Å². The summed E-state index contributed by atoms with van der Waals surface area (Å²) in [5.74, 6) is -1.02. The highest BCUT2D eigenvalue weighted by Crippen LogP contribution is 2.52. The van der Waals surface area contributed by atoms with Gasteiger partial charge in [-0.05, 0) is 59.2 Å². The Morgan fingerprint density at radius 2 is 1.47 bits per heavy atom. The van der Waals surface area contributed by atoms with Crippen LogP contribution in [0.1, 0.15) is 22.7 Å². The molecule has 1 N–H and O–H groups in total. The summed E-state index contributed by atoms with van der Waals surface area (Å²) in [5, 5.41) is 2.95. The van der Waals surface area contributed by atoms with Gasteiger partial charge in [0, 0.05) is 11.9 Å². The minimum absolute atomic E-state index is 0.145. The van der Waals surface area contributed by atoms with Crippen LogP contribution in [0.2, 0.25) is 0 Å². The Bertz CT molecular complexity index is 1430. The molecular formula is C30H27N3O5. The number of carbonyl (C=O) groups excluding carboxylic acids is 3. The molecule has 192 valence electrons. The molecule has 3 amide bonds. The highest BCUT2D eigenvalue weighted by Gasteiger charge is 2.64. The largest absolute Gasteiger partial charge is 0.497 e. The average molecular weight is 510 g/mol. The molecule has 4 atom stereocenters. The van der Waals surface area contributed by atoms with E-state index in [9.17, 15) is 14.4 Å². The van der Waals surface area contributed by atoms with Crippen molar-refractivity contribution in [1.29, 1.82) is 0 Å². The van der Waals surface area contributed by atoms with E-state index in [4.69, 9.17) is 9.47 Å². The van der Waals surface area contributed by atoms with Crippen molar-refractivity contribution in [3.63, 3.8) is 0 Å². The SMILES string of the molecule is COc1ccc(CN2C(=O)[C@@H]3[C@H](C2=O)[C@@H]2c4ccccc4C=CN2[C@@H]3C(=O)Nc2ccc(OC)cc2)cc1. The van der Waals surface area contributed by atoms with Crippen LogP contribution in [0, 0.1) is 11.8 Å². The number of amides is 3. The van der Waals surface area contributed by atoms with Crippen molar-refractivity contribution in [3.05, 3.63) is 95.7 Å². The molecule has 2 saturated heterocycles. The molecule has 3 aromatic rings. The normalized spacial score (nSPS) is 23.1. The highest BCUT2D eigenvalue weighted by molar-refractivity contribution is 6.10. The fourth-order valence-electron chi connectivity index (χ4n) is 5.88. The van der Waals surface area contributed by atoms with Crippen LogP contribution in [-0.2, 0) is 20.9 Å². The molecule has 8 heteroatoms. The number of benzene rings is 3. The summed E-state index contributed by atoms with van der Waals surface area (Å²) in [6.45, 7) is 0.145. The molecule has 0 radical (unpaired) electrons. The number of ether oxygens (including phenoxy) is 2. The number of hydrogen-bond acceptors (Lipinski definition) is 6. The van der Waals surface area contributed by atoms with Crippen molar-refractivity contribution >= 4 is 29.5 Å². The maximum absolute atomic E-state index is 13.9. The van der Waals surface area contributed by atoms with Crippen LogP contribution in [-0.4, -0.2) is 47.8 Å². The summed E-state index contributed by atoms with van der Waals surface area (Å²) in [4.78, 5) is 44.7. The highest BCUT2D eigenvalue weighted by atomic mass is 16.5. The molecule has 8 nitrogen and oxygen atoms in total. The third kappa shape index (κ3) is 3.80. The zero-order valence-corrected chi connectivity index (χ0v) is 21.0. The van der Waals surface area contributed by atoms with Gasteiger partial charge in [-0.1, -0.05) is 36.4 Å². The van der Waals surface area contributed by atoms with Crippen LogP contribution in [0.4, 0.5) is 5.69 Å². The standard InChI is InChI=1S/C30H27N3O5/c1-37-21-11-7-18(8-12-21)17-33-29(35)24-25(30(33)36)27(28(34)31-20-9-13-22(38-2)14-10-20)32-16-15-19-5-3-4-6-23(19)26(24)32/h3-16,24-27H,17H2,1-2H3,(H,31,34)/t24-,25+,26-,27-/m0/s1. The minimum Gasteiger partial charge on any atom is -0.497 e. The molecule has 3 aromatic carbocycles. The first-order chi connectivity index (χ1) is 18.5. The van der Waals surface area contributed by atoms with Crippen LogP contribution in [0.15, 0.2) is 79.0 Å². The van der Waals surface area contributed by atoms with Crippen LogP contribution in [0.5, 0.6) is 11.5 Å². The number of nitrogens with zero attached hydrogens (tertiary/aromatic N) is 2. The fourth-order valence-corrected chi connectivity index (χ4v) is 5.88. The predicted molar refractivity (Wildman–Crippen MR) is 141 cm³/mol. The van der Waals surface area contributed by atoms with Gasteiger partial charge in [-0.25, -0.2) is 0 Å². The van der Waals surface area contributed by atoms with E-state index in [1.54, 1.807) is 50.6 Å². The van der Waals surface area contributed by atoms with Gasteiger partial charge in [-0.2, -0.15) is 0 Å². The fraction of sp³-hybridized carbons (Fsp3) is 0.233. The van der Waals surface area contributed by atoms with E-state index in [0.717, 1.165) is 16.7 Å². The monoisotopic (exact) mass is 509 g/mol. The molecular weight excluding hydrogens is 482 g/mol. The Morgan fingerprint density at radius 3 is 2.16 bits per heavy atom. The Balaban J connectivity index is 1.35. The minimum atomic E-state index is -0.839. The first kappa shape index (κ1) is 23.8. The van der Waals surface area contributed by atoms with Crippen LogP contribution < -0.4 is 14.8 Å². The van der Waals surface area contributed by atoms with Gasteiger partial charge in [0.25, 0.3) is 0 Å². The third-order valence-electron chi connectivity index (χ3n) is 7.68. The van der Waals surface area contributed by atoms with Gasteiger partial charge in [0.1, 0.15) is 17.5 Å². The number of imide groups is 1. The second-order valence-electron chi connectivity index (χ2n) is 9.66. The number of likely N-dealkylation sites (tertiary alicyclic amines) is 1. The molecule has 0 unspecified atom stereocenters. The van der Waals surface area contributed by atoms with Gasteiger partial charge in [0.2, 0.25) is 17.7 Å². The topological polar surface area (TPSA) is 88.2 Å². The van der Waals surface area contributed by atoms with Crippen molar-refractivity contribution in [2.75, 3.05) is 19.5 Å². The molecule has 0 bridgehead atoms. The number of hydrogen-bond donors (Lipinski definition) is 1. The van der Waals surface area contributed by atoms with Crippen molar-refractivity contribution in [2.45, 2.75) is 18.6 Å². The second-order valence-corrected chi connectivity index (χ2v) is 9.66. The van der Waals surface area contributed by atoms with Crippen LogP contribution >= 0.6 is 0 Å². The van der Waals surface area contributed by atoms with Gasteiger partial charge in [-0.15, -0.1) is 0 Å². The zero-order valence-electron chi connectivity index (χ0n) is 21.0. The molecule has 38 heavy (non-hydrogen) atoms. The van der Waals surface area contributed by atoms with Gasteiger partial charge < -0.3 is 19.7 Å². The van der Waals surface area contributed by atoms with Gasteiger partial charge in [0.05, 0.1) is 38.6 Å². The first-order valence-electron chi connectivity index (χ1n) is 12.5. The summed E-state index contributed by atoms with van der Waals surface area (Å²) in [5.41, 5.74) is 3.33. The Labute approximate surface area is 220 Å². The van der Waals surface area contributed by atoms with E-state index < -0.39 is 23.9 Å². The average Bonchev–Trinajstić information content (AvgIpc) is 3.42. The lowest BCUT2D eigenvalue weighted by Crippen LogP contribution is -2.46. The molecule has 2 fully saturated rings. The molecule has 0 aromatic heterocycles. The predicted octanol–water partition coefficient (Wildman–Crippen LogP) is 3.85. The lowest BCUT2D eigenvalue weighted by Gasteiger charge is -2.35. The second kappa shape index (κ2) is 9.37. The molecule has 6 rings (SSSR count). The number of nitrogens with one attached hydrogen (secondary N) is 1. The van der Waals surface area contributed by atoms with E-state index in [1.165, 1.54) is 4.90 Å². The van der Waals surface area contributed by atoms with Crippen molar-refractivity contribution < 1.29 is 23.9 Å². The number of anilines is 1. The first-order valence-corrected chi connectivity index (χ1v) is 12.5. The zero-order chi connectivity index (χ0) is 26.4. The molecule has 3 aliphatic heterocycles. The maximum Gasteiger partial charge on any atom is 0.247 e. The lowest BCUT2D eigenvalue weighted by molar-refractivity contribution is -0.143. The number of carbonyl (C=O) groups is 3. The number of methoxy groups -OCH3 is 2. The van der Waals surface area contributed by atoms with Gasteiger partial charge in [0.15, 0.2) is 0 Å². The molecule has 0 aliphatic carbocycles. The Hall–Kier alpha value is -4.59. The third-order valence-corrected chi connectivity index (χ3v) is 7.68. The summed E-state index contributed by atoms with van der Waals surface area (Å²) >= 11 is 0. The Kier molecular flexibility index (Phi) is 5.87. The quantitative estimate of drug-likeness (QED) is 0.508.